The normalized spacial score (nSPS) is 14.5. The van der Waals surface area contributed by atoms with E-state index in [1.54, 1.807) is 0 Å². The number of carbonyl (C=O) groups excluding carboxylic acids is 1. The highest BCUT2D eigenvalue weighted by molar-refractivity contribution is 5.11. The molecule has 0 fully saturated rings. The van der Waals surface area contributed by atoms with Gasteiger partial charge in [0, 0.05) is 0 Å². The van der Waals surface area contributed by atoms with E-state index in [9.17, 15) is 0 Å². The van der Waals surface area contributed by atoms with E-state index in [0.717, 1.165) is 12.8 Å². The fourth-order valence-corrected chi connectivity index (χ4v) is 0.542. The van der Waals surface area contributed by atoms with Gasteiger partial charge in [-0.25, -0.2) is 0 Å². The van der Waals surface area contributed by atoms with E-state index in [0.29, 0.717) is 0 Å². The first-order valence-corrected chi connectivity index (χ1v) is 2.59. The van der Waals surface area contributed by atoms with Crippen molar-refractivity contribution in [2.45, 2.75) is 12.8 Å². The van der Waals surface area contributed by atoms with Crippen LogP contribution in [0.2, 0.25) is 0 Å². The Bertz CT molecular complexity index is 72.6. The Morgan fingerprint density at radius 2 is 1.12 bits per heavy atom. The van der Waals surface area contributed by atoms with Crippen LogP contribution in [0.25, 0.3) is 0 Å². The van der Waals surface area contributed by atoms with E-state index in [4.69, 9.17) is 4.79 Å². The summed E-state index contributed by atoms with van der Waals surface area (Å²) in [6.45, 7) is 2.00. The summed E-state index contributed by atoms with van der Waals surface area (Å²) < 4.78 is 0. The molecule has 0 saturated heterocycles. The molecule has 1 rings (SSSR count). The van der Waals surface area contributed by atoms with Gasteiger partial charge in [0.15, 0.2) is 0 Å². The van der Waals surface area contributed by atoms with Crippen LogP contribution in [0.1, 0.15) is 12.8 Å². The molecule has 0 spiro atoms. The molecule has 0 bridgehead atoms. The fraction of sp³-hybridized carbons (Fsp3) is 0.286. The summed E-state index contributed by atoms with van der Waals surface area (Å²) >= 11 is 0. The highest BCUT2D eigenvalue weighted by Gasteiger charge is 1.76. The predicted octanol–water partition coefficient (Wildman–Crippen LogP) is 1.71. The van der Waals surface area contributed by atoms with Gasteiger partial charge in [0.2, 0.25) is 0 Å². The summed E-state index contributed by atoms with van der Waals surface area (Å²) in [5.41, 5.74) is 0. The summed E-state index contributed by atoms with van der Waals surface area (Å²) in [5, 5.41) is 0. The third-order valence-electron chi connectivity index (χ3n) is 0.878. The zero-order valence-electron chi connectivity index (χ0n) is 4.84. The van der Waals surface area contributed by atoms with E-state index in [-0.39, 0.29) is 0 Å². The fourth-order valence-electron chi connectivity index (χ4n) is 0.542. The molecule has 0 aromatic heterocycles. The SMILES string of the molecule is C1=CCC=CC1.C=O. The molecule has 0 atom stereocenters. The smallest absolute Gasteiger partial charge is 0.106 e. The van der Waals surface area contributed by atoms with Gasteiger partial charge in [-0.15, -0.1) is 0 Å². The Hall–Kier alpha value is -0.850. The zero-order valence-corrected chi connectivity index (χ0v) is 4.84. The largest absolute Gasteiger partial charge is 0.307 e. The van der Waals surface area contributed by atoms with Crippen LogP contribution < -0.4 is 0 Å². The lowest BCUT2D eigenvalue weighted by Crippen LogP contribution is -1.66. The topological polar surface area (TPSA) is 17.1 Å². The monoisotopic (exact) mass is 110 g/mol. The van der Waals surface area contributed by atoms with Gasteiger partial charge in [-0.2, -0.15) is 0 Å². The van der Waals surface area contributed by atoms with Crippen molar-refractivity contribution in [2.75, 3.05) is 0 Å². The second-order valence-corrected chi connectivity index (χ2v) is 1.41. The molecule has 8 heavy (non-hydrogen) atoms. The number of carbonyl (C=O) groups is 1. The molecule has 44 valence electrons. The summed E-state index contributed by atoms with van der Waals surface area (Å²) in [5.74, 6) is 0. The minimum absolute atomic E-state index is 1.14. The van der Waals surface area contributed by atoms with Gasteiger partial charge >= 0.3 is 0 Å². The van der Waals surface area contributed by atoms with Gasteiger partial charge in [-0.3, -0.25) is 0 Å². The van der Waals surface area contributed by atoms with Crippen LogP contribution in [0.15, 0.2) is 24.3 Å². The van der Waals surface area contributed by atoms with Gasteiger partial charge in [-0.05, 0) is 12.8 Å². The van der Waals surface area contributed by atoms with Crippen molar-refractivity contribution in [1.29, 1.82) is 0 Å². The van der Waals surface area contributed by atoms with Crippen LogP contribution in [0.4, 0.5) is 0 Å². The number of allylic oxidation sites excluding steroid dienone is 4. The quantitative estimate of drug-likeness (QED) is 0.434. The second-order valence-electron chi connectivity index (χ2n) is 1.41. The molecular weight excluding hydrogens is 100 g/mol. The Balaban J connectivity index is 0.000000222. The summed E-state index contributed by atoms with van der Waals surface area (Å²) in [6, 6.07) is 0. The molecule has 1 aliphatic carbocycles. The highest BCUT2D eigenvalue weighted by atomic mass is 16.1. The van der Waals surface area contributed by atoms with Gasteiger partial charge in [0.05, 0.1) is 0 Å². The van der Waals surface area contributed by atoms with Crippen molar-refractivity contribution < 1.29 is 4.79 Å². The van der Waals surface area contributed by atoms with Crippen LogP contribution in [-0.4, -0.2) is 6.79 Å². The minimum Gasteiger partial charge on any atom is -0.307 e. The Morgan fingerprint density at radius 1 is 0.875 bits per heavy atom. The number of hydrogen-bond donors (Lipinski definition) is 0. The van der Waals surface area contributed by atoms with Crippen LogP contribution >= 0.6 is 0 Å². The average molecular weight is 110 g/mol. The second kappa shape index (κ2) is 6.15. The molecule has 0 aromatic rings. The molecule has 1 heteroatoms. The van der Waals surface area contributed by atoms with Crippen molar-refractivity contribution in [3.05, 3.63) is 24.3 Å². The zero-order chi connectivity index (χ0) is 6.24. The molecule has 0 N–H and O–H groups in total. The highest BCUT2D eigenvalue weighted by Crippen LogP contribution is 1.97. The molecule has 0 aromatic carbocycles. The van der Waals surface area contributed by atoms with E-state index < -0.39 is 0 Å². The van der Waals surface area contributed by atoms with Gasteiger partial charge in [0.1, 0.15) is 6.79 Å². The minimum atomic E-state index is 1.14. The van der Waals surface area contributed by atoms with E-state index in [1.807, 2.05) is 6.79 Å². The molecule has 0 unspecified atom stereocenters. The molecule has 0 saturated carbocycles. The molecule has 1 aliphatic rings. The molecule has 0 radical (unpaired) electrons. The maximum atomic E-state index is 8.00. The summed E-state index contributed by atoms with van der Waals surface area (Å²) in [4.78, 5) is 8.00. The van der Waals surface area contributed by atoms with Gasteiger partial charge in [-0.1, -0.05) is 24.3 Å². The predicted molar refractivity (Wildman–Crippen MR) is 34.6 cm³/mol. The maximum absolute atomic E-state index is 8.00. The standard InChI is InChI=1S/C6H8.CH2O/c1-2-4-6-5-3-1;1-2/h1-2,5-6H,3-4H2;1H2. The van der Waals surface area contributed by atoms with E-state index in [1.165, 1.54) is 0 Å². The van der Waals surface area contributed by atoms with E-state index in [2.05, 4.69) is 24.3 Å². The van der Waals surface area contributed by atoms with E-state index >= 15 is 0 Å². The molecule has 0 aliphatic heterocycles. The Kier molecular flexibility index (Phi) is 5.50. The van der Waals surface area contributed by atoms with Gasteiger partial charge < -0.3 is 4.79 Å². The number of hydrogen-bond acceptors (Lipinski definition) is 1. The van der Waals surface area contributed by atoms with Crippen LogP contribution in [0, 0.1) is 0 Å². The van der Waals surface area contributed by atoms with Crippen molar-refractivity contribution in [3.63, 3.8) is 0 Å². The summed E-state index contributed by atoms with van der Waals surface area (Å²) in [7, 11) is 0. The average Bonchev–Trinajstić information content (AvgIpc) is 1.96. The summed E-state index contributed by atoms with van der Waals surface area (Å²) in [6.07, 6.45) is 11.0. The first-order chi connectivity index (χ1) is 4.00. The third-order valence-corrected chi connectivity index (χ3v) is 0.878. The molecule has 0 amide bonds. The Morgan fingerprint density at radius 3 is 1.25 bits per heavy atom. The van der Waals surface area contributed by atoms with Gasteiger partial charge in [0.25, 0.3) is 0 Å². The van der Waals surface area contributed by atoms with Crippen molar-refractivity contribution in [1.82, 2.24) is 0 Å². The Labute approximate surface area is 49.7 Å². The maximum Gasteiger partial charge on any atom is 0.106 e. The lowest BCUT2D eigenvalue weighted by molar-refractivity contribution is -0.0979. The molecular formula is C7H10O. The first-order valence-electron chi connectivity index (χ1n) is 2.59. The lowest BCUT2D eigenvalue weighted by atomic mass is 10.2. The lowest BCUT2D eigenvalue weighted by Gasteiger charge is -1.87. The molecule has 1 nitrogen and oxygen atoms in total. The van der Waals surface area contributed by atoms with Crippen LogP contribution in [0.5, 0.6) is 0 Å². The van der Waals surface area contributed by atoms with Crippen LogP contribution in [-0.2, 0) is 4.79 Å². The third kappa shape index (κ3) is 3.34. The van der Waals surface area contributed by atoms with Crippen LogP contribution in [0.3, 0.4) is 0 Å². The first kappa shape index (κ1) is 7.15. The van der Waals surface area contributed by atoms with Crippen molar-refractivity contribution >= 4 is 6.79 Å². The molecule has 0 heterocycles. The van der Waals surface area contributed by atoms with Crippen molar-refractivity contribution in [3.8, 4) is 0 Å². The van der Waals surface area contributed by atoms with Crippen molar-refractivity contribution in [2.24, 2.45) is 0 Å². The number of rotatable bonds is 0.